The van der Waals surface area contributed by atoms with Crippen LogP contribution in [0.15, 0.2) is 48.6 Å². The van der Waals surface area contributed by atoms with Crippen LogP contribution in [-0.2, 0) is 0 Å². The molecular weight excluding hydrogens is 528 g/mol. The standard InChI is InChI=1S/4C11H20/c4*1-10(2)11-8-6-4-3-5-7-9-11/h4*6,8,10-11H,3-5,7,9H2,1-2H3/b4*8-6+/t4*11-/m1100/s1. The van der Waals surface area contributed by atoms with E-state index in [9.17, 15) is 0 Å². The Kier molecular flexibility index (Phi) is 25.2. The van der Waals surface area contributed by atoms with Crippen LogP contribution in [-0.4, -0.2) is 0 Å². The van der Waals surface area contributed by atoms with E-state index in [0.717, 1.165) is 47.3 Å². The summed E-state index contributed by atoms with van der Waals surface area (Å²) in [6.07, 6.45) is 47.3. The molecule has 0 unspecified atom stereocenters. The Morgan fingerprint density at radius 3 is 0.682 bits per heavy atom. The van der Waals surface area contributed by atoms with Gasteiger partial charge in [0.25, 0.3) is 0 Å². The lowest BCUT2D eigenvalue weighted by Crippen LogP contribution is -2.06. The molecular formula is C44H80. The van der Waals surface area contributed by atoms with Crippen molar-refractivity contribution in [2.24, 2.45) is 47.3 Å². The van der Waals surface area contributed by atoms with Crippen molar-refractivity contribution in [3.05, 3.63) is 48.6 Å². The van der Waals surface area contributed by atoms with E-state index < -0.39 is 0 Å². The van der Waals surface area contributed by atoms with Crippen LogP contribution in [0.4, 0.5) is 0 Å². The highest BCUT2D eigenvalue weighted by Crippen LogP contribution is 2.25. The molecule has 4 rings (SSSR count). The van der Waals surface area contributed by atoms with Crippen LogP contribution in [0.5, 0.6) is 0 Å². The summed E-state index contributed by atoms with van der Waals surface area (Å²) in [7, 11) is 0. The van der Waals surface area contributed by atoms with Gasteiger partial charge in [-0.05, 0) is 124 Å². The summed E-state index contributed by atoms with van der Waals surface area (Å²) in [6.45, 7) is 18.6. The van der Waals surface area contributed by atoms with Gasteiger partial charge in [0, 0.05) is 0 Å². The van der Waals surface area contributed by atoms with E-state index in [4.69, 9.17) is 0 Å². The fourth-order valence-electron chi connectivity index (χ4n) is 6.97. The number of rotatable bonds is 4. The third kappa shape index (κ3) is 21.7. The van der Waals surface area contributed by atoms with Gasteiger partial charge in [-0.15, -0.1) is 0 Å². The first kappa shape index (κ1) is 41.0. The highest BCUT2D eigenvalue weighted by Gasteiger charge is 2.12. The molecule has 4 aliphatic rings. The number of hydrogen-bond donors (Lipinski definition) is 0. The first-order valence-electron chi connectivity index (χ1n) is 19.9. The van der Waals surface area contributed by atoms with Gasteiger partial charge in [-0.1, -0.05) is 155 Å². The van der Waals surface area contributed by atoms with Crippen molar-refractivity contribution >= 4 is 0 Å². The second kappa shape index (κ2) is 27.1. The highest BCUT2D eigenvalue weighted by atomic mass is 14.2. The van der Waals surface area contributed by atoms with Crippen LogP contribution in [0, 0.1) is 47.3 Å². The van der Waals surface area contributed by atoms with Gasteiger partial charge in [-0.25, -0.2) is 0 Å². The van der Waals surface area contributed by atoms with Crippen LogP contribution >= 0.6 is 0 Å². The van der Waals surface area contributed by atoms with Gasteiger partial charge in [-0.3, -0.25) is 0 Å². The van der Waals surface area contributed by atoms with Gasteiger partial charge >= 0.3 is 0 Å². The molecule has 0 heteroatoms. The van der Waals surface area contributed by atoms with E-state index in [1.54, 1.807) is 0 Å². The predicted molar refractivity (Wildman–Crippen MR) is 202 cm³/mol. The van der Waals surface area contributed by atoms with E-state index >= 15 is 0 Å². The van der Waals surface area contributed by atoms with E-state index in [1.165, 1.54) is 128 Å². The molecule has 0 saturated carbocycles. The Balaban J connectivity index is 0.000000293. The SMILES string of the molecule is CC(C)[C@@H]1/C=C/CCCCC1.CC(C)[C@@H]1/C=C/CCCCC1.CC(C)[C@H]1/C=C/CCCCC1.CC(C)[C@H]1/C=C/CCCCC1. The molecule has 0 aromatic carbocycles. The molecule has 0 fully saturated rings. The second-order valence-electron chi connectivity index (χ2n) is 15.9. The van der Waals surface area contributed by atoms with Gasteiger partial charge in [0.05, 0.1) is 0 Å². The van der Waals surface area contributed by atoms with Crippen molar-refractivity contribution in [2.75, 3.05) is 0 Å². The molecule has 0 radical (unpaired) electrons. The molecule has 44 heavy (non-hydrogen) atoms. The minimum Gasteiger partial charge on any atom is -0.0883 e. The van der Waals surface area contributed by atoms with Gasteiger partial charge in [0.2, 0.25) is 0 Å². The van der Waals surface area contributed by atoms with Crippen molar-refractivity contribution in [1.29, 1.82) is 0 Å². The zero-order chi connectivity index (χ0) is 32.4. The molecule has 0 nitrogen and oxygen atoms in total. The summed E-state index contributed by atoms with van der Waals surface area (Å²) in [6, 6.07) is 0. The summed E-state index contributed by atoms with van der Waals surface area (Å²) in [5, 5.41) is 0. The van der Waals surface area contributed by atoms with Crippen molar-refractivity contribution in [1.82, 2.24) is 0 Å². The minimum atomic E-state index is 0.837. The first-order chi connectivity index (χ1) is 21.2. The van der Waals surface area contributed by atoms with Crippen molar-refractivity contribution in [3.8, 4) is 0 Å². The topological polar surface area (TPSA) is 0 Å². The summed E-state index contributed by atoms with van der Waals surface area (Å²) < 4.78 is 0. The maximum atomic E-state index is 2.43. The molecule has 0 heterocycles. The van der Waals surface area contributed by atoms with E-state index in [-0.39, 0.29) is 0 Å². The molecule has 0 bridgehead atoms. The Morgan fingerprint density at radius 1 is 0.295 bits per heavy atom. The van der Waals surface area contributed by atoms with E-state index in [2.05, 4.69) is 104 Å². The molecule has 0 aliphatic heterocycles. The van der Waals surface area contributed by atoms with Gasteiger partial charge in [-0.2, -0.15) is 0 Å². The Bertz CT molecular complexity index is 616. The minimum absolute atomic E-state index is 0.837. The Labute approximate surface area is 279 Å². The quantitative estimate of drug-likeness (QED) is 0.278. The summed E-state index contributed by atoms with van der Waals surface area (Å²) in [5.41, 5.74) is 0. The molecule has 0 aromatic rings. The third-order valence-corrected chi connectivity index (χ3v) is 10.6. The van der Waals surface area contributed by atoms with Crippen LogP contribution in [0.2, 0.25) is 0 Å². The first-order valence-corrected chi connectivity index (χ1v) is 19.9. The number of hydrogen-bond acceptors (Lipinski definition) is 0. The number of allylic oxidation sites excluding steroid dienone is 8. The van der Waals surface area contributed by atoms with Crippen LogP contribution < -0.4 is 0 Å². The smallest absolute Gasteiger partial charge is 0.0210 e. The van der Waals surface area contributed by atoms with Crippen LogP contribution in [0.25, 0.3) is 0 Å². The van der Waals surface area contributed by atoms with Crippen LogP contribution in [0.3, 0.4) is 0 Å². The van der Waals surface area contributed by atoms with Crippen LogP contribution in [0.1, 0.15) is 184 Å². The largest absolute Gasteiger partial charge is 0.0883 e. The fourth-order valence-corrected chi connectivity index (χ4v) is 6.97. The molecule has 0 amide bonds. The summed E-state index contributed by atoms with van der Waals surface area (Å²) >= 11 is 0. The Morgan fingerprint density at radius 2 is 0.500 bits per heavy atom. The molecule has 0 saturated heterocycles. The molecule has 0 N–H and O–H groups in total. The maximum absolute atomic E-state index is 2.43. The van der Waals surface area contributed by atoms with E-state index in [1.807, 2.05) is 0 Å². The monoisotopic (exact) mass is 609 g/mol. The zero-order valence-electron chi connectivity index (χ0n) is 31.4. The van der Waals surface area contributed by atoms with Gasteiger partial charge in [0.1, 0.15) is 0 Å². The zero-order valence-corrected chi connectivity index (χ0v) is 31.4. The van der Waals surface area contributed by atoms with Crippen molar-refractivity contribution < 1.29 is 0 Å². The lowest BCUT2D eigenvalue weighted by atomic mass is 9.88. The average Bonchev–Trinajstić information content (AvgIpc) is 2.88. The fraction of sp³-hybridized carbons (Fsp3) is 0.818. The van der Waals surface area contributed by atoms with Crippen molar-refractivity contribution in [3.63, 3.8) is 0 Å². The highest BCUT2D eigenvalue weighted by molar-refractivity contribution is 4.93. The molecule has 256 valence electrons. The molecule has 0 aromatic heterocycles. The van der Waals surface area contributed by atoms with E-state index in [0.29, 0.717) is 0 Å². The lowest BCUT2D eigenvalue weighted by molar-refractivity contribution is 0.409. The molecule has 4 aliphatic carbocycles. The lowest BCUT2D eigenvalue weighted by Gasteiger charge is -2.18. The third-order valence-electron chi connectivity index (χ3n) is 10.6. The summed E-state index contributed by atoms with van der Waals surface area (Å²) in [5.74, 6) is 6.78. The predicted octanol–water partition coefficient (Wildman–Crippen LogP) is 15.1. The van der Waals surface area contributed by atoms with Gasteiger partial charge < -0.3 is 0 Å². The molecule has 4 atom stereocenters. The average molecular weight is 609 g/mol. The van der Waals surface area contributed by atoms with Crippen molar-refractivity contribution in [2.45, 2.75) is 184 Å². The molecule has 0 spiro atoms. The summed E-state index contributed by atoms with van der Waals surface area (Å²) in [4.78, 5) is 0. The van der Waals surface area contributed by atoms with Gasteiger partial charge in [0.15, 0.2) is 0 Å². The second-order valence-corrected chi connectivity index (χ2v) is 15.9. The Hall–Kier alpha value is -1.04. The maximum Gasteiger partial charge on any atom is -0.0210 e. The normalized spacial score (nSPS) is 29.5.